The Labute approximate surface area is 59.8 Å². The summed E-state index contributed by atoms with van der Waals surface area (Å²) in [6.07, 6.45) is 1.77. The molecule has 0 aromatic carbocycles. The lowest BCUT2D eigenvalue weighted by atomic mass is 10.1. The zero-order valence-electron chi connectivity index (χ0n) is 5.87. The number of allylic oxidation sites excluding steroid dienone is 1. The van der Waals surface area contributed by atoms with Crippen LogP contribution in [0.3, 0.4) is 0 Å². The third kappa shape index (κ3) is 2.03. The van der Waals surface area contributed by atoms with Gasteiger partial charge in [0.05, 0.1) is 0 Å². The van der Waals surface area contributed by atoms with Gasteiger partial charge in [0.15, 0.2) is 0 Å². The highest BCUT2D eigenvalue weighted by atomic mass is 16.3. The lowest BCUT2D eigenvalue weighted by Gasteiger charge is -2.04. The van der Waals surface area contributed by atoms with Gasteiger partial charge in [-0.3, -0.25) is 4.79 Å². The molecule has 0 saturated heterocycles. The van der Waals surface area contributed by atoms with Crippen LogP contribution in [-0.4, -0.2) is 17.1 Å². The molecule has 0 aliphatic rings. The molecule has 0 radical (unpaired) electrons. The minimum atomic E-state index is -0.942. The van der Waals surface area contributed by atoms with Crippen molar-refractivity contribution in [2.75, 3.05) is 0 Å². The summed E-state index contributed by atoms with van der Waals surface area (Å²) in [5.41, 5.74) is 5.08. The van der Waals surface area contributed by atoms with Gasteiger partial charge in [0.1, 0.15) is 6.10 Å². The van der Waals surface area contributed by atoms with Crippen molar-refractivity contribution in [1.29, 1.82) is 0 Å². The van der Waals surface area contributed by atoms with Gasteiger partial charge in [0, 0.05) is 5.57 Å². The maximum atomic E-state index is 10.5. The number of hydrogen-bond acceptors (Lipinski definition) is 2. The molecule has 0 aliphatic heterocycles. The molecule has 0 aromatic rings. The normalized spacial score (nSPS) is 14.4. The summed E-state index contributed by atoms with van der Waals surface area (Å²) in [4.78, 5) is 10.5. The molecule has 1 atom stereocenters. The SMILES string of the molecule is C=CC(O)/C(=C\C)C(N)=O. The van der Waals surface area contributed by atoms with E-state index in [1.54, 1.807) is 6.92 Å². The Kier molecular flexibility index (Phi) is 3.43. The molecule has 0 heterocycles. The van der Waals surface area contributed by atoms with E-state index in [1.165, 1.54) is 12.2 Å². The second kappa shape index (κ2) is 3.85. The van der Waals surface area contributed by atoms with E-state index in [0.717, 1.165) is 0 Å². The smallest absolute Gasteiger partial charge is 0.247 e. The average molecular weight is 141 g/mol. The van der Waals surface area contributed by atoms with Crippen molar-refractivity contribution in [2.45, 2.75) is 13.0 Å². The topological polar surface area (TPSA) is 63.3 Å². The van der Waals surface area contributed by atoms with Gasteiger partial charge in [-0.2, -0.15) is 0 Å². The molecule has 0 saturated carbocycles. The van der Waals surface area contributed by atoms with Crippen LogP contribution >= 0.6 is 0 Å². The Balaban J connectivity index is 4.37. The fraction of sp³-hybridized carbons (Fsp3) is 0.286. The predicted octanol–water partition coefficient (Wildman–Crippen LogP) is -0.0351. The number of carbonyl (C=O) groups is 1. The maximum absolute atomic E-state index is 10.5. The summed E-state index contributed by atoms with van der Waals surface area (Å²) in [7, 11) is 0. The first kappa shape index (κ1) is 8.91. The van der Waals surface area contributed by atoms with Gasteiger partial charge in [-0.15, -0.1) is 6.58 Å². The largest absolute Gasteiger partial charge is 0.384 e. The Bertz CT molecular complexity index is 172. The summed E-state index contributed by atoms with van der Waals surface area (Å²) < 4.78 is 0. The summed E-state index contributed by atoms with van der Waals surface area (Å²) in [6, 6.07) is 0. The molecule has 0 aliphatic carbocycles. The van der Waals surface area contributed by atoms with E-state index in [4.69, 9.17) is 10.8 Å². The van der Waals surface area contributed by atoms with Crippen LogP contribution in [0.2, 0.25) is 0 Å². The number of carbonyl (C=O) groups excluding carboxylic acids is 1. The quantitative estimate of drug-likeness (QED) is 0.428. The summed E-state index contributed by atoms with van der Waals surface area (Å²) >= 11 is 0. The van der Waals surface area contributed by atoms with Crippen molar-refractivity contribution in [1.82, 2.24) is 0 Å². The maximum Gasteiger partial charge on any atom is 0.247 e. The van der Waals surface area contributed by atoms with Crippen molar-refractivity contribution in [3.05, 3.63) is 24.3 Å². The zero-order valence-corrected chi connectivity index (χ0v) is 5.87. The van der Waals surface area contributed by atoms with Crippen LogP contribution in [-0.2, 0) is 4.79 Å². The third-order valence-corrected chi connectivity index (χ3v) is 1.14. The van der Waals surface area contributed by atoms with Crippen LogP contribution in [0.5, 0.6) is 0 Å². The molecule has 1 amide bonds. The first-order chi connectivity index (χ1) is 4.63. The van der Waals surface area contributed by atoms with Gasteiger partial charge in [0.2, 0.25) is 5.91 Å². The van der Waals surface area contributed by atoms with Gasteiger partial charge in [-0.1, -0.05) is 12.2 Å². The van der Waals surface area contributed by atoms with E-state index >= 15 is 0 Å². The van der Waals surface area contributed by atoms with Crippen molar-refractivity contribution >= 4 is 5.91 Å². The minimum Gasteiger partial charge on any atom is -0.384 e. The standard InChI is InChI=1S/C7H11NO2/c1-3-5(7(8)10)6(9)4-2/h3-4,6,9H,2H2,1H3,(H2,8,10)/b5-3+. The number of rotatable bonds is 3. The Morgan fingerprint density at radius 2 is 2.30 bits per heavy atom. The minimum absolute atomic E-state index is 0.176. The average Bonchev–Trinajstić information content (AvgIpc) is 1.88. The molecule has 10 heavy (non-hydrogen) atoms. The fourth-order valence-corrected chi connectivity index (χ4v) is 0.586. The lowest BCUT2D eigenvalue weighted by molar-refractivity contribution is -0.115. The van der Waals surface area contributed by atoms with Crippen LogP contribution in [0.4, 0.5) is 0 Å². The van der Waals surface area contributed by atoms with Crippen LogP contribution < -0.4 is 5.73 Å². The van der Waals surface area contributed by atoms with Gasteiger partial charge in [-0.25, -0.2) is 0 Å². The van der Waals surface area contributed by atoms with Crippen molar-refractivity contribution in [3.8, 4) is 0 Å². The number of primary amides is 1. The molecule has 0 spiro atoms. The van der Waals surface area contributed by atoms with Gasteiger partial charge in [-0.05, 0) is 6.92 Å². The second-order valence-corrected chi connectivity index (χ2v) is 1.79. The number of amides is 1. The van der Waals surface area contributed by atoms with Crippen molar-refractivity contribution in [2.24, 2.45) is 5.73 Å². The molecule has 0 rings (SSSR count). The van der Waals surface area contributed by atoms with Crippen LogP contribution in [0.15, 0.2) is 24.3 Å². The van der Waals surface area contributed by atoms with Crippen LogP contribution in [0.25, 0.3) is 0 Å². The highest BCUT2D eigenvalue weighted by Crippen LogP contribution is 2.01. The Morgan fingerprint density at radius 1 is 1.80 bits per heavy atom. The molecule has 3 N–H and O–H groups in total. The van der Waals surface area contributed by atoms with E-state index in [9.17, 15) is 4.79 Å². The van der Waals surface area contributed by atoms with Crippen molar-refractivity contribution < 1.29 is 9.90 Å². The number of aliphatic hydroxyl groups excluding tert-OH is 1. The highest BCUT2D eigenvalue weighted by Gasteiger charge is 2.10. The van der Waals surface area contributed by atoms with Gasteiger partial charge >= 0.3 is 0 Å². The van der Waals surface area contributed by atoms with Gasteiger partial charge < -0.3 is 10.8 Å². The summed E-state index contributed by atoms with van der Waals surface area (Å²) in [5, 5.41) is 9.00. The Morgan fingerprint density at radius 3 is 2.40 bits per heavy atom. The summed E-state index contributed by atoms with van der Waals surface area (Å²) in [5.74, 6) is -0.616. The number of hydrogen-bond donors (Lipinski definition) is 2. The monoisotopic (exact) mass is 141 g/mol. The van der Waals surface area contributed by atoms with Crippen LogP contribution in [0, 0.1) is 0 Å². The van der Waals surface area contributed by atoms with E-state index < -0.39 is 12.0 Å². The molecule has 0 bridgehead atoms. The first-order valence-corrected chi connectivity index (χ1v) is 2.90. The molecular weight excluding hydrogens is 130 g/mol. The van der Waals surface area contributed by atoms with Gasteiger partial charge in [0.25, 0.3) is 0 Å². The first-order valence-electron chi connectivity index (χ1n) is 2.90. The summed E-state index contributed by atoms with van der Waals surface area (Å²) in [6.45, 7) is 4.94. The molecule has 0 aromatic heterocycles. The van der Waals surface area contributed by atoms with E-state index in [-0.39, 0.29) is 5.57 Å². The van der Waals surface area contributed by atoms with E-state index in [2.05, 4.69) is 6.58 Å². The van der Waals surface area contributed by atoms with E-state index in [1.807, 2.05) is 0 Å². The lowest BCUT2D eigenvalue weighted by Crippen LogP contribution is -2.22. The van der Waals surface area contributed by atoms with Crippen LogP contribution in [0.1, 0.15) is 6.92 Å². The molecule has 3 heteroatoms. The zero-order chi connectivity index (χ0) is 8.15. The fourth-order valence-electron chi connectivity index (χ4n) is 0.586. The highest BCUT2D eigenvalue weighted by molar-refractivity contribution is 5.93. The van der Waals surface area contributed by atoms with E-state index in [0.29, 0.717) is 0 Å². The molecule has 1 unspecified atom stereocenters. The molecule has 56 valence electrons. The second-order valence-electron chi connectivity index (χ2n) is 1.79. The number of aliphatic hydroxyl groups is 1. The number of nitrogens with two attached hydrogens (primary N) is 1. The molecule has 0 fully saturated rings. The Hall–Kier alpha value is -1.09. The third-order valence-electron chi connectivity index (χ3n) is 1.14. The molecular formula is C7H11NO2. The predicted molar refractivity (Wildman–Crippen MR) is 39.2 cm³/mol. The van der Waals surface area contributed by atoms with Crippen molar-refractivity contribution in [3.63, 3.8) is 0 Å². The molecule has 3 nitrogen and oxygen atoms in total.